The summed E-state index contributed by atoms with van der Waals surface area (Å²) in [5, 5.41) is 3.33. The number of benzene rings is 2. The molecule has 0 unspecified atom stereocenters. The number of carbonyl (C=O) groups is 1. The molecular formula is C17H18N2O2. The SMILES string of the molecule is Cc1cccc(NCCN2C(=O)OCc3ccccc32)c1. The molecule has 21 heavy (non-hydrogen) atoms. The summed E-state index contributed by atoms with van der Waals surface area (Å²) >= 11 is 0. The van der Waals surface area contributed by atoms with E-state index in [0.29, 0.717) is 19.7 Å². The van der Waals surface area contributed by atoms with Gasteiger partial charge in [-0.3, -0.25) is 4.90 Å². The molecule has 1 N–H and O–H groups in total. The molecule has 1 amide bonds. The van der Waals surface area contributed by atoms with E-state index in [9.17, 15) is 4.79 Å². The smallest absolute Gasteiger partial charge is 0.414 e. The van der Waals surface area contributed by atoms with Gasteiger partial charge in [-0.15, -0.1) is 0 Å². The third-order valence-electron chi connectivity index (χ3n) is 3.54. The maximum Gasteiger partial charge on any atom is 0.414 e. The minimum atomic E-state index is -0.278. The van der Waals surface area contributed by atoms with E-state index in [4.69, 9.17) is 4.74 Å². The summed E-state index contributed by atoms with van der Waals surface area (Å²) in [4.78, 5) is 13.6. The Morgan fingerprint density at radius 2 is 2.05 bits per heavy atom. The number of hydrogen-bond acceptors (Lipinski definition) is 3. The number of carbonyl (C=O) groups excluding carboxylic acids is 1. The van der Waals surface area contributed by atoms with E-state index in [-0.39, 0.29) is 6.09 Å². The van der Waals surface area contributed by atoms with Crippen LogP contribution in [0.3, 0.4) is 0 Å². The van der Waals surface area contributed by atoms with Crippen molar-refractivity contribution in [2.24, 2.45) is 0 Å². The number of amides is 1. The van der Waals surface area contributed by atoms with E-state index in [1.165, 1.54) is 5.56 Å². The molecule has 2 aromatic rings. The highest BCUT2D eigenvalue weighted by molar-refractivity contribution is 5.90. The third-order valence-corrected chi connectivity index (χ3v) is 3.54. The van der Waals surface area contributed by atoms with Gasteiger partial charge < -0.3 is 10.1 Å². The van der Waals surface area contributed by atoms with Crippen LogP contribution in [-0.2, 0) is 11.3 Å². The topological polar surface area (TPSA) is 41.6 Å². The summed E-state index contributed by atoms with van der Waals surface area (Å²) in [6, 6.07) is 16.0. The highest BCUT2D eigenvalue weighted by Gasteiger charge is 2.24. The standard InChI is InChI=1S/C17H18N2O2/c1-13-5-4-7-15(11-13)18-9-10-19-16-8-3-2-6-14(16)12-21-17(19)20/h2-8,11,18H,9-10,12H2,1H3. The normalized spacial score (nSPS) is 13.6. The van der Waals surface area contributed by atoms with Gasteiger partial charge in [0.05, 0.1) is 5.69 Å². The zero-order valence-corrected chi connectivity index (χ0v) is 12.0. The van der Waals surface area contributed by atoms with Gasteiger partial charge in [0.25, 0.3) is 0 Å². The van der Waals surface area contributed by atoms with Crippen molar-refractivity contribution < 1.29 is 9.53 Å². The zero-order chi connectivity index (χ0) is 14.7. The summed E-state index contributed by atoms with van der Waals surface area (Å²) in [5.41, 5.74) is 4.27. The van der Waals surface area contributed by atoms with Crippen molar-refractivity contribution in [3.05, 3.63) is 59.7 Å². The summed E-state index contributed by atoms with van der Waals surface area (Å²) in [6.07, 6.45) is -0.278. The highest BCUT2D eigenvalue weighted by atomic mass is 16.6. The van der Waals surface area contributed by atoms with Gasteiger partial charge in [0.1, 0.15) is 6.61 Å². The Kier molecular flexibility index (Phi) is 3.77. The van der Waals surface area contributed by atoms with Crippen LogP contribution in [0.1, 0.15) is 11.1 Å². The van der Waals surface area contributed by atoms with Gasteiger partial charge >= 0.3 is 6.09 Å². The Hall–Kier alpha value is -2.49. The van der Waals surface area contributed by atoms with Gasteiger partial charge in [0.2, 0.25) is 0 Å². The number of hydrogen-bond donors (Lipinski definition) is 1. The molecule has 1 aliphatic rings. The molecule has 0 aliphatic carbocycles. The molecule has 0 saturated heterocycles. The molecule has 1 aliphatic heterocycles. The van der Waals surface area contributed by atoms with Gasteiger partial charge in [-0.25, -0.2) is 4.79 Å². The second-order valence-electron chi connectivity index (χ2n) is 5.13. The van der Waals surface area contributed by atoms with Crippen LogP contribution >= 0.6 is 0 Å². The second-order valence-corrected chi connectivity index (χ2v) is 5.13. The van der Waals surface area contributed by atoms with Crippen LogP contribution in [0.25, 0.3) is 0 Å². The number of cyclic esters (lactones) is 1. The van der Waals surface area contributed by atoms with Crippen LogP contribution in [0.4, 0.5) is 16.2 Å². The quantitative estimate of drug-likeness (QED) is 0.932. The van der Waals surface area contributed by atoms with Crippen LogP contribution in [0.5, 0.6) is 0 Å². The Morgan fingerprint density at radius 3 is 2.90 bits per heavy atom. The number of aryl methyl sites for hydroxylation is 1. The predicted octanol–water partition coefficient (Wildman–Crippen LogP) is 3.56. The molecule has 0 radical (unpaired) electrons. The summed E-state index contributed by atoms with van der Waals surface area (Å²) in [6.45, 7) is 3.66. The number of ether oxygens (including phenoxy) is 1. The van der Waals surface area contributed by atoms with Crippen molar-refractivity contribution >= 4 is 17.5 Å². The first kappa shape index (κ1) is 13.5. The van der Waals surface area contributed by atoms with Crippen molar-refractivity contribution in [2.45, 2.75) is 13.5 Å². The number of para-hydroxylation sites is 1. The van der Waals surface area contributed by atoms with E-state index < -0.39 is 0 Å². The van der Waals surface area contributed by atoms with Gasteiger partial charge in [0, 0.05) is 24.3 Å². The first-order valence-electron chi connectivity index (χ1n) is 7.07. The fraction of sp³-hybridized carbons (Fsp3) is 0.235. The van der Waals surface area contributed by atoms with E-state index >= 15 is 0 Å². The summed E-state index contributed by atoms with van der Waals surface area (Å²) in [5.74, 6) is 0. The summed E-state index contributed by atoms with van der Waals surface area (Å²) < 4.78 is 5.20. The molecule has 2 aromatic carbocycles. The molecule has 0 bridgehead atoms. The molecule has 0 aromatic heterocycles. The number of nitrogens with one attached hydrogen (secondary N) is 1. The Balaban J connectivity index is 1.66. The van der Waals surface area contributed by atoms with Crippen LogP contribution in [0, 0.1) is 6.92 Å². The largest absolute Gasteiger partial charge is 0.444 e. The lowest BCUT2D eigenvalue weighted by Gasteiger charge is -2.29. The maximum absolute atomic E-state index is 11.9. The lowest BCUT2D eigenvalue weighted by Crippen LogP contribution is -2.38. The van der Waals surface area contributed by atoms with Gasteiger partial charge in [-0.05, 0) is 30.7 Å². The third kappa shape index (κ3) is 2.99. The molecule has 0 fully saturated rings. The first-order valence-corrected chi connectivity index (χ1v) is 7.07. The molecule has 4 heteroatoms. The lowest BCUT2D eigenvalue weighted by molar-refractivity contribution is 0.142. The van der Waals surface area contributed by atoms with Crippen molar-refractivity contribution in [3.8, 4) is 0 Å². The fourth-order valence-electron chi connectivity index (χ4n) is 2.49. The van der Waals surface area contributed by atoms with Crippen molar-refractivity contribution in [3.63, 3.8) is 0 Å². The number of rotatable bonds is 4. The number of anilines is 2. The van der Waals surface area contributed by atoms with Crippen LogP contribution in [0.15, 0.2) is 48.5 Å². The lowest BCUT2D eigenvalue weighted by atomic mass is 10.1. The molecular weight excluding hydrogens is 264 g/mol. The highest BCUT2D eigenvalue weighted by Crippen LogP contribution is 2.26. The number of fused-ring (bicyclic) bond motifs is 1. The van der Waals surface area contributed by atoms with Crippen LogP contribution in [-0.4, -0.2) is 19.2 Å². The Labute approximate surface area is 124 Å². The van der Waals surface area contributed by atoms with Crippen molar-refractivity contribution in [1.82, 2.24) is 0 Å². The minimum absolute atomic E-state index is 0.278. The van der Waals surface area contributed by atoms with Gasteiger partial charge in [-0.1, -0.05) is 30.3 Å². The molecule has 1 heterocycles. The fourth-order valence-corrected chi connectivity index (χ4v) is 2.49. The van der Waals surface area contributed by atoms with E-state index in [2.05, 4.69) is 24.4 Å². The van der Waals surface area contributed by atoms with Crippen LogP contribution in [0.2, 0.25) is 0 Å². The number of nitrogens with zero attached hydrogens (tertiary/aromatic N) is 1. The molecule has 3 rings (SSSR count). The van der Waals surface area contributed by atoms with Crippen molar-refractivity contribution in [1.29, 1.82) is 0 Å². The van der Waals surface area contributed by atoms with Gasteiger partial charge in [0.15, 0.2) is 0 Å². The average Bonchev–Trinajstić information content (AvgIpc) is 2.50. The van der Waals surface area contributed by atoms with Crippen molar-refractivity contribution in [2.75, 3.05) is 23.3 Å². The average molecular weight is 282 g/mol. The summed E-state index contributed by atoms with van der Waals surface area (Å²) in [7, 11) is 0. The molecule has 4 nitrogen and oxygen atoms in total. The zero-order valence-electron chi connectivity index (χ0n) is 12.0. The Morgan fingerprint density at radius 1 is 1.19 bits per heavy atom. The maximum atomic E-state index is 11.9. The minimum Gasteiger partial charge on any atom is -0.444 e. The van der Waals surface area contributed by atoms with Gasteiger partial charge in [-0.2, -0.15) is 0 Å². The van der Waals surface area contributed by atoms with Crippen LogP contribution < -0.4 is 10.2 Å². The van der Waals surface area contributed by atoms with E-state index in [1.807, 2.05) is 36.4 Å². The predicted molar refractivity (Wildman–Crippen MR) is 83.6 cm³/mol. The molecule has 0 spiro atoms. The van der Waals surface area contributed by atoms with E-state index in [1.54, 1.807) is 4.90 Å². The molecule has 0 atom stereocenters. The van der Waals surface area contributed by atoms with E-state index in [0.717, 1.165) is 16.9 Å². The Bertz CT molecular complexity index is 655. The monoisotopic (exact) mass is 282 g/mol. The second kappa shape index (κ2) is 5.87. The molecule has 108 valence electrons. The first-order chi connectivity index (χ1) is 10.2. The molecule has 0 saturated carbocycles.